The standard InChI is InChI=1S/C13H14N4OS/c1-8-6-16-13(17-7-8)19-11-4-3-9(5-10(11)14)12(18)15-2/h3-7H,14H2,1-2H3,(H,15,18). The number of hydrogen-bond donors (Lipinski definition) is 2. The van der Waals surface area contributed by atoms with Gasteiger partial charge >= 0.3 is 0 Å². The Bertz CT molecular complexity index is 598. The van der Waals surface area contributed by atoms with E-state index in [9.17, 15) is 4.79 Å². The Morgan fingerprint density at radius 3 is 2.58 bits per heavy atom. The number of hydrogen-bond acceptors (Lipinski definition) is 5. The Balaban J connectivity index is 2.22. The number of nitrogens with zero attached hydrogens (tertiary/aromatic N) is 2. The number of rotatable bonds is 3. The smallest absolute Gasteiger partial charge is 0.251 e. The van der Waals surface area contributed by atoms with Crippen LogP contribution in [0.25, 0.3) is 0 Å². The van der Waals surface area contributed by atoms with Gasteiger partial charge in [0.05, 0.1) is 0 Å². The normalized spacial score (nSPS) is 10.2. The molecule has 2 aromatic rings. The van der Waals surface area contributed by atoms with Crippen LogP contribution < -0.4 is 11.1 Å². The highest BCUT2D eigenvalue weighted by Crippen LogP contribution is 2.30. The van der Waals surface area contributed by atoms with Gasteiger partial charge in [0.25, 0.3) is 5.91 Å². The van der Waals surface area contributed by atoms with Crippen molar-refractivity contribution in [2.75, 3.05) is 12.8 Å². The van der Waals surface area contributed by atoms with E-state index in [-0.39, 0.29) is 5.91 Å². The van der Waals surface area contributed by atoms with Gasteiger partial charge in [0.2, 0.25) is 0 Å². The molecule has 6 heteroatoms. The van der Waals surface area contributed by atoms with E-state index in [0.717, 1.165) is 10.5 Å². The quantitative estimate of drug-likeness (QED) is 0.659. The van der Waals surface area contributed by atoms with Crippen LogP contribution in [0.3, 0.4) is 0 Å². The molecule has 0 saturated carbocycles. The lowest BCUT2D eigenvalue weighted by Crippen LogP contribution is -2.17. The van der Waals surface area contributed by atoms with Gasteiger partial charge in [0, 0.05) is 35.6 Å². The third-order valence-electron chi connectivity index (χ3n) is 2.46. The summed E-state index contributed by atoms with van der Waals surface area (Å²) in [6.07, 6.45) is 3.51. The summed E-state index contributed by atoms with van der Waals surface area (Å²) in [5, 5.41) is 3.19. The number of benzene rings is 1. The molecule has 1 amide bonds. The molecule has 0 aliphatic carbocycles. The average Bonchev–Trinajstić information content (AvgIpc) is 2.42. The molecule has 0 radical (unpaired) electrons. The molecule has 2 rings (SSSR count). The van der Waals surface area contributed by atoms with E-state index in [1.54, 1.807) is 37.6 Å². The van der Waals surface area contributed by atoms with E-state index in [4.69, 9.17) is 5.73 Å². The zero-order valence-electron chi connectivity index (χ0n) is 10.7. The van der Waals surface area contributed by atoms with Gasteiger partial charge < -0.3 is 11.1 Å². The number of aromatic nitrogens is 2. The van der Waals surface area contributed by atoms with E-state index in [2.05, 4.69) is 15.3 Å². The van der Waals surface area contributed by atoms with Crippen LogP contribution in [0.2, 0.25) is 0 Å². The highest BCUT2D eigenvalue weighted by atomic mass is 32.2. The molecule has 98 valence electrons. The van der Waals surface area contributed by atoms with Crippen molar-refractivity contribution in [3.05, 3.63) is 41.7 Å². The van der Waals surface area contributed by atoms with E-state index in [1.165, 1.54) is 11.8 Å². The molecule has 0 aliphatic rings. The number of aryl methyl sites for hydroxylation is 1. The summed E-state index contributed by atoms with van der Waals surface area (Å²) in [5.74, 6) is -0.158. The first-order valence-corrected chi connectivity index (χ1v) is 6.50. The minimum absolute atomic E-state index is 0.158. The Labute approximate surface area is 115 Å². The molecule has 0 aliphatic heterocycles. The van der Waals surface area contributed by atoms with Crippen LogP contribution >= 0.6 is 11.8 Å². The summed E-state index contributed by atoms with van der Waals surface area (Å²) in [5.41, 5.74) is 8.02. The van der Waals surface area contributed by atoms with Crippen molar-refractivity contribution in [2.45, 2.75) is 17.0 Å². The van der Waals surface area contributed by atoms with Crippen molar-refractivity contribution in [1.29, 1.82) is 0 Å². The average molecular weight is 274 g/mol. The number of nitrogen functional groups attached to an aromatic ring is 1. The lowest BCUT2D eigenvalue weighted by molar-refractivity contribution is 0.0963. The fraction of sp³-hybridized carbons (Fsp3) is 0.154. The minimum Gasteiger partial charge on any atom is -0.398 e. The zero-order chi connectivity index (χ0) is 13.8. The number of carbonyl (C=O) groups is 1. The predicted molar refractivity (Wildman–Crippen MR) is 75.1 cm³/mol. The van der Waals surface area contributed by atoms with E-state index < -0.39 is 0 Å². The van der Waals surface area contributed by atoms with E-state index >= 15 is 0 Å². The van der Waals surface area contributed by atoms with Gasteiger partial charge in [-0.25, -0.2) is 9.97 Å². The second kappa shape index (κ2) is 5.71. The Kier molecular flexibility index (Phi) is 4.01. The largest absolute Gasteiger partial charge is 0.398 e. The molecule has 0 bridgehead atoms. The lowest BCUT2D eigenvalue weighted by Gasteiger charge is -2.06. The molecule has 0 unspecified atom stereocenters. The molecule has 0 spiro atoms. The lowest BCUT2D eigenvalue weighted by atomic mass is 10.2. The third-order valence-corrected chi connectivity index (χ3v) is 3.44. The molecule has 3 N–H and O–H groups in total. The van der Waals surface area contributed by atoms with Gasteiger partial charge in [0.1, 0.15) is 0 Å². The van der Waals surface area contributed by atoms with Gasteiger partial charge in [-0.1, -0.05) is 0 Å². The molecule has 5 nitrogen and oxygen atoms in total. The number of nitrogens with two attached hydrogens (primary N) is 1. The highest BCUT2D eigenvalue weighted by Gasteiger charge is 2.08. The zero-order valence-corrected chi connectivity index (χ0v) is 11.5. The number of amides is 1. The second-order valence-electron chi connectivity index (χ2n) is 3.98. The van der Waals surface area contributed by atoms with E-state index in [0.29, 0.717) is 16.4 Å². The molecule has 19 heavy (non-hydrogen) atoms. The molecule has 0 saturated heterocycles. The summed E-state index contributed by atoms with van der Waals surface area (Å²) in [6, 6.07) is 5.18. The van der Waals surface area contributed by atoms with Gasteiger partial charge in [0.15, 0.2) is 5.16 Å². The first-order valence-electron chi connectivity index (χ1n) is 5.68. The maximum Gasteiger partial charge on any atom is 0.251 e. The first kappa shape index (κ1) is 13.4. The maximum absolute atomic E-state index is 11.5. The molecule has 1 aromatic carbocycles. The number of carbonyl (C=O) groups excluding carboxylic acids is 1. The predicted octanol–water partition coefficient (Wildman–Crippen LogP) is 1.88. The Morgan fingerprint density at radius 1 is 1.32 bits per heavy atom. The first-order chi connectivity index (χ1) is 9.10. The van der Waals surface area contributed by atoms with Crippen molar-refractivity contribution >= 4 is 23.4 Å². The van der Waals surface area contributed by atoms with Crippen LogP contribution in [0.4, 0.5) is 5.69 Å². The topological polar surface area (TPSA) is 80.9 Å². The minimum atomic E-state index is -0.158. The highest BCUT2D eigenvalue weighted by molar-refractivity contribution is 7.99. The van der Waals surface area contributed by atoms with Crippen LogP contribution in [-0.4, -0.2) is 22.9 Å². The van der Waals surface area contributed by atoms with Gasteiger partial charge in [-0.15, -0.1) is 0 Å². The summed E-state index contributed by atoms with van der Waals surface area (Å²) in [4.78, 5) is 20.7. The molecule has 0 atom stereocenters. The maximum atomic E-state index is 11.5. The number of nitrogens with one attached hydrogen (secondary N) is 1. The Morgan fingerprint density at radius 2 is 2.00 bits per heavy atom. The number of anilines is 1. The van der Waals surface area contributed by atoms with Crippen LogP contribution in [0.5, 0.6) is 0 Å². The summed E-state index contributed by atoms with van der Waals surface area (Å²) >= 11 is 1.37. The summed E-state index contributed by atoms with van der Waals surface area (Å²) in [6.45, 7) is 1.93. The van der Waals surface area contributed by atoms with Gasteiger partial charge in [-0.05, 0) is 42.4 Å². The molecular formula is C13H14N4OS. The van der Waals surface area contributed by atoms with Gasteiger partial charge in [-0.2, -0.15) is 0 Å². The van der Waals surface area contributed by atoms with Crippen LogP contribution in [0.1, 0.15) is 15.9 Å². The van der Waals surface area contributed by atoms with E-state index in [1.807, 2.05) is 6.92 Å². The molecule has 1 aromatic heterocycles. The SMILES string of the molecule is CNC(=O)c1ccc(Sc2ncc(C)cn2)c(N)c1. The molecule has 1 heterocycles. The third kappa shape index (κ3) is 3.23. The monoisotopic (exact) mass is 274 g/mol. The van der Waals surface area contributed by atoms with Gasteiger partial charge in [-0.3, -0.25) is 4.79 Å². The fourth-order valence-corrected chi connectivity index (χ4v) is 2.18. The van der Waals surface area contributed by atoms with Crippen molar-refractivity contribution in [3.8, 4) is 0 Å². The summed E-state index contributed by atoms with van der Waals surface area (Å²) < 4.78 is 0. The Hall–Kier alpha value is -2.08. The summed E-state index contributed by atoms with van der Waals surface area (Å²) in [7, 11) is 1.58. The van der Waals surface area contributed by atoms with Crippen LogP contribution in [0.15, 0.2) is 40.6 Å². The van der Waals surface area contributed by atoms with Crippen LogP contribution in [-0.2, 0) is 0 Å². The van der Waals surface area contributed by atoms with Crippen molar-refractivity contribution in [1.82, 2.24) is 15.3 Å². The molecular weight excluding hydrogens is 260 g/mol. The second-order valence-corrected chi connectivity index (χ2v) is 4.99. The van der Waals surface area contributed by atoms with Crippen molar-refractivity contribution in [3.63, 3.8) is 0 Å². The molecule has 0 fully saturated rings. The van der Waals surface area contributed by atoms with Crippen molar-refractivity contribution in [2.24, 2.45) is 0 Å². The van der Waals surface area contributed by atoms with Crippen molar-refractivity contribution < 1.29 is 4.79 Å². The van der Waals surface area contributed by atoms with Crippen LogP contribution in [0, 0.1) is 6.92 Å². The fourth-order valence-electron chi connectivity index (χ4n) is 1.46.